The van der Waals surface area contributed by atoms with Crippen LogP contribution in [0.4, 0.5) is 5.69 Å². The topological polar surface area (TPSA) is 67.6 Å². The largest absolute Gasteiger partial charge is 0.383 e. The first-order valence-corrected chi connectivity index (χ1v) is 7.58. The number of anilines is 1. The molecule has 1 aliphatic heterocycles. The average Bonchev–Trinajstić information content (AvgIpc) is 2.66. The van der Waals surface area contributed by atoms with E-state index in [1.54, 1.807) is 7.11 Å². The van der Waals surface area contributed by atoms with Gasteiger partial charge in [-0.15, -0.1) is 0 Å². The average molecular weight is 291 g/mol. The van der Waals surface area contributed by atoms with Crippen LogP contribution in [0.3, 0.4) is 0 Å². The van der Waals surface area contributed by atoms with Crippen LogP contribution in [-0.4, -0.2) is 50.2 Å². The molecule has 0 radical (unpaired) electrons. The van der Waals surface area contributed by atoms with Crippen molar-refractivity contribution in [2.45, 2.75) is 25.3 Å². The van der Waals surface area contributed by atoms with Crippen molar-refractivity contribution in [1.29, 1.82) is 0 Å². The molecule has 0 bridgehead atoms. The summed E-state index contributed by atoms with van der Waals surface area (Å²) in [6.45, 7) is 2.85. The number of hydrogen-bond acceptors (Lipinski definition) is 4. The van der Waals surface area contributed by atoms with Crippen LogP contribution in [0.25, 0.3) is 0 Å². The molecule has 1 aromatic rings. The Bertz CT molecular complexity index is 457. The molecule has 2 rings (SSSR count). The number of nitrogens with two attached hydrogens (primary N) is 1. The number of benzene rings is 1. The highest BCUT2D eigenvalue weighted by atomic mass is 16.5. The molecule has 0 saturated carbocycles. The second-order valence-corrected chi connectivity index (χ2v) is 5.37. The van der Waals surface area contributed by atoms with Gasteiger partial charge in [-0.25, -0.2) is 0 Å². The number of ether oxygens (including phenoxy) is 1. The molecule has 3 N–H and O–H groups in total. The van der Waals surface area contributed by atoms with Crippen molar-refractivity contribution in [2.24, 2.45) is 5.73 Å². The predicted octanol–water partition coefficient (Wildman–Crippen LogP) is 1.24. The standard InChI is InChI=1S/C16H25N3O2/c1-21-12-11-19(10-4-9-17)15-8-7-13-5-2-3-6-14(13)18-16(15)20/h2-3,5-6,15H,4,7-12,17H2,1H3,(H,18,20). The van der Waals surface area contributed by atoms with Crippen molar-refractivity contribution in [1.82, 2.24) is 4.90 Å². The molecule has 0 aromatic heterocycles. The van der Waals surface area contributed by atoms with Crippen molar-refractivity contribution in [3.05, 3.63) is 29.8 Å². The Kier molecular flexibility index (Phi) is 6.17. The van der Waals surface area contributed by atoms with Gasteiger partial charge in [0.15, 0.2) is 0 Å². The Hall–Kier alpha value is -1.43. The van der Waals surface area contributed by atoms with E-state index >= 15 is 0 Å². The van der Waals surface area contributed by atoms with E-state index in [1.807, 2.05) is 18.2 Å². The van der Waals surface area contributed by atoms with Crippen LogP contribution < -0.4 is 11.1 Å². The normalized spacial score (nSPS) is 18.2. The summed E-state index contributed by atoms with van der Waals surface area (Å²) in [4.78, 5) is 14.7. The summed E-state index contributed by atoms with van der Waals surface area (Å²) in [7, 11) is 1.68. The summed E-state index contributed by atoms with van der Waals surface area (Å²) in [6.07, 6.45) is 2.63. The first-order chi connectivity index (χ1) is 10.3. The van der Waals surface area contributed by atoms with Gasteiger partial charge >= 0.3 is 0 Å². The van der Waals surface area contributed by atoms with Crippen molar-refractivity contribution in [3.8, 4) is 0 Å². The molecular weight excluding hydrogens is 266 g/mol. The quantitative estimate of drug-likeness (QED) is 0.793. The zero-order valence-electron chi connectivity index (χ0n) is 12.7. The lowest BCUT2D eigenvalue weighted by Gasteiger charge is -2.29. The summed E-state index contributed by atoms with van der Waals surface area (Å²) < 4.78 is 5.17. The zero-order valence-corrected chi connectivity index (χ0v) is 12.7. The van der Waals surface area contributed by atoms with Gasteiger partial charge in [0.25, 0.3) is 0 Å². The molecule has 0 saturated heterocycles. The van der Waals surface area contributed by atoms with E-state index in [4.69, 9.17) is 10.5 Å². The number of fused-ring (bicyclic) bond motifs is 1. The molecule has 0 fully saturated rings. The summed E-state index contributed by atoms with van der Waals surface area (Å²) >= 11 is 0. The lowest BCUT2D eigenvalue weighted by molar-refractivity contribution is -0.121. The molecule has 1 heterocycles. The molecule has 0 aliphatic carbocycles. The van der Waals surface area contributed by atoms with Crippen LogP contribution >= 0.6 is 0 Å². The molecule has 1 unspecified atom stereocenters. The Morgan fingerprint density at radius 3 is 2.95 bits per heavy atom. The van der Waals surface area contributed by atoms with Gasteiger partial charge in [-0.2, -0.15) is 0 Å². The van der Waals surface area contributed by atoms with E-state index in [0.717, 1.165) is 38.0 Å². The van der Waals surface area contributed by atoms with Crippen LogP contribution in [0.5, 0.6) is 0 Å². The number of aryl methyl sites for hydroxylation is 1. The lowest BCUT2D eigenvalue weighted by atomic mass is 10.0. The van der Waals surface area contributed by atoms with Crippen LogP contribution in [0.1, 0.15) is 18.4 Å². The highest BCUT2D eigenvalue weighted by molar-refractivity contribution is 5.96. The van der Waals surface area contributed by atoms with E-state index in [-0.39, 0.29) is 11.9 Å². The fraction of sp³-hybridized carbons (Fsp3) is 0.562. The summed E-state index contributed by atoms with van der Waals surface area (Å²) in [5, 5.41) is 3.05. The van der Waals surface area contributed by atoms with E-state index in [2.05, 4.69) is 16.3 Å². The van der Waals surface area contributed by atoms with E-state index in [9.17, 15) is 4.79 Å². The van der Waals surface area contributed by atoms with Crippen LogP contribution in [-0.2, 0) is 16.0 Å². The number of methoxy groups -OCH3 is 1. The molecule has 5 heteroatoms. The number of amides is 1. The Labute approximate surface area is 126 Å². The summed E-state index contributed by atoms with van der Waals surface area (Å²) in [5.74, 6) is 0.0769. The summed E-state index contributed by atoms with van der Waals surface area (Å²) in [6, 6.07) is 7.91. The number of para-hydroxylation sites is 1. The van der Waals surface area contributed by atoms with Gasteiger partial charge in [0.2, 0.25) is 5.91 Å². The van der Waals surface area contributed by atoms with Crippen LogP contribution in [0.15, 0.2) is 24.3 Å². The second kappa shape index (κ2) is 8.12. The minimum atomic E-state index is -0.112. The third-order valence-corrected chi connectivity index (χ3v) is 3.94. The first kappa shape index (κ1) is 15.9. The first-order valence-electron chi connectivity index (χ1n) is 7.58. The number of carbonyl (C=O) groups is 1. The zero-order chi connectivity index (χ0) is 15.1. The summed E-state index contributed by atoms with van der Waals surface area (Å²) in [5.41, 5.74) is 7.76. The highest BCUT2D eigenvalue weighted by Gasteiger charge is 2.28. The Morgan fingerprint density at radius 1 is 1.38 bits per heavy atom. The highest BCUT2D eigenvalue weighted by Crippen LogP contribution is 2.23. The fourth-order valence-corrected chi connectivity index (χ4v) is 2.77. The lowest BCUT2D eigenvalue weighted by Crippen LogP contribution is -2.45. The van der Waals surface area contributed by atoms with Crippen molar-refractivity contribution >= 4 is 11.6 Å². The minimum Gasteiger partial charge on any atom is -0.383 e. The maximum absolute atomic E-state index is 12.5. The van der Waals surface area contributed by atoms with Crippen LogP contribution in [0.2, 0.25) is 0 Å². The maximum Gasteiger partial charge on any atom is 0.241 e. The third-order valence-electron chi connectivity index (χ3n) is 3.94. The van der Waals surface area contributed by atoms with E-state index < -0.39 is 0 Å². The number of nitrogens with one attached hydrogen (secondary N) is 1. The molecule has 1 atom stereocenters. The van der Waals surface area contributed by atoms with Crippen molar-refractivity contribution in [2.75, 3.05) is 38.7 Å². The van der Waals surface area contributed by atoms with Gasteiger partial charge in [-0.3, -0.25) is 9.69 Å². The van der Waals surface area contributed by atoms with Crippen LogP contribution in [0, 0.1) is 0 Å². The number of rotatable bonds is 7. The van der Waals surface area contributed by atoms with Gasteiger partial charge in [-0.1, -0.05) is 18.2 Å². The molecule has 21 heavy (non-hydrogen) atoms. The third kappa shape index (κ3) is 4.27. The second-order valence-electron chi connectivity index (χ2n) is 5.37. The fourth-order valence-electron chi connectivity index (χ4n) is 2.77. The SMILES string of the molecule is COCCN(CCCN)C1CCc2ccccc2NC1=O. The number of carbonyl (C=O) groups excluding carboxylic acids is 1. The molecule has 116 valence electrons. The minimum absolute atomic E-state index is 0.0769. The molecule has 1 amide bonds. The number of nitrogens with zero attached hydrogens (tertiary/aromatic N) is 1. The Balaban J connectivity index is 2.08. The smallest absolute Gasteiger partial charge is 0.241 e. The van der Waals surface area contributed by atoms with E-state index in [1.165, 1.54) is 5.56 Å². The monoisotopic (exact) mass is 291 g/mol. The number of hydrogen-bond donors (Lipinski definition) is 2. The molecule has 0 spiro atoms. The molecule has 1 aromatic carbocycles. The molecule has 1 aliphatic rings. The predicted molar refractivity (Wildman–Crippen MR) is 84.3 cm³/mol. The van der Waals surface area contributed by atoms with E-state index in [0.29, 0.717) is 13.2 Å². The van der Waals surface area contributed by atoms with Gasteiger partial charge in [0.1, 0.15) is 0 Å². The van der Waals surface area contributed by atoms with Crippen molar-refractivity contribution in [3.63, 3.8) is 0 Å². The maximum atomic E-state index is 12.5. The Morgan fingerprint density at radius 2 is 2.19 bits per heavy atom. The molecular formula is C16H25N3O2. The molecule has 5 nitrogen and oxygen atoms in total. The van der Waals surface area contributed by atoms with Gasteiger partial charge in [-0.05, 0) is 37.4 Å². The van der Waals surface area contributed by atoms with Gasteiger partial charge in [0, 0.05) is 25.9 Å². The van der Waals surface area contributed by atoms with Gasteiger partial charge in [0.05, 0.1) is 12.6 Å². The van der Waals surface area contributed by atoms with Crippen molar-refractivity contribution < 1.29 is 9.53 Å². The van der Waals surface area contributed by atoms with Gasteiger partial charge < -0.3 is 15.8 Å².